The molecule has 18 heavy (non-hydrogen) atoms. The van der Waals surface area contributed by atoms with Crippen LogP contribution in [0.15, 0.2) is 29.6 Å². The van der Waals surface area contributed by atoms with Gasteiger partial charge >= 0.3 is 0 Å². The minimum absolute atomic E-state index is 0.177. The second-order valence-corrected chi connectivity index (χ2v) is 4.84. The number of amides is 2. The third-order valence-corrected chi connectivity index (χ3v) is 3.42. The molecule has 94 valence electrons. The molecule has 0 atom stereocenters. The number of hydrogen-bond acceptors (Lipinski definition) is 3. The third-order valence-electron chi connectivity index (χ3n) is 2.53. The number of carbonyl (C=O) groups is 2. The summed E-state index contributed by atoms with van der Waals surface area (Å²) in [6, 6.07) is 7.45. The molecule has 1 heterocycles. The van der Waals surface area contributed by atoms with E-state index in [2.05, 4.69) is 10.9 Å². The first-order valence-corrected chi connectivity index (χ1v) is 6.65. The van der Waals surface area contributed by atoms with Crippen molar-refractivity contribution in [1.29, 1.82) is 0 Å². The molecule has 2 aromatic rings. The lowest BCUT2D eigenvalue weighted by Crippen LogP contribution is -2.41. The first kappa shape index (κ1) is 12.6. The molecular formula is C13H14N2O2S. The number of benzene rings is 1. The van der Waals surface area contributed by atoms with Crippen molar-refractivity contribution in [2.75, 3.05) is 0 Å². The number of rotatable bonds is 3. The lowest BCUT2D eigenvalue weighted by Gasteiger charge is -2.07. The van der Waals surface area contributed by atoms with Crippen LogP contribution in [0, 0.1) is 0 Å². The molecule has 0 aliphatic carbocycles. The van der Waals surface area contributed by atoms with Gasteiger partial charge in [-0.1, -0.05) is 13.0 Å². The van der Waals surface area contributed by atoms with E-state index in [1.54, 1.807) is 17.4 Å². The van der Waals surface area contributed by atoms with Crippen molar-refractivity contribution in [1.82, 2.24) is 10.9 Å². The third kappa shape index (κ3) is 2.68. The number of fused-ring (bicyclic) bond motifs is 1. The Hall–Kier alpha value is -1.88. The first-order chi connectivity index (χ1) is 8.72. The molecule has 0 aliphatic rings. The van der Waals surface area contributed by atoms with Crippen molar-refractivity contribution >= 4 is 33.2 Å². The Morgan fingerprint density at radius 3 is 2.83 bits per heavy atom. The van der Waals surface area contributed by atoms with Gasteiger partial charge in [0.1, 0.15) is 0 Å². The Labute approximate surface area is 109 Å². The SMILES string of the molecule is CCCC(=O)NNC(=O)c1cccc2sccc12. The maximum absolute atomic E-state index is 11.9. The maximum atomic E-state index is 11.9. The standard InChI is InChI=1S/C13H14N2O2S/c1-2-4-12(16)14-15-13(17)10-5-3-6-11-9(10)7-8-18-11/h3,5-8H,2,4H2,1H3,(H,14,16)(H,15,17). The van der Waals surface area contributed by atoms with Gasteiger partial charge in [0.05, 0.1) is 0 Å². The zero-order valence-electron chi connectivity index (χ0n) is 10.0. The van der Waals surface area contributed by atoms with E-state index in [0.717, 1.165) is 16.5 Å². The molecule has 0 aliphatic heterocycles. The van der Waals surface area contributed by atoms with E-state index in [0.29, 0.717) is 12.0 Å². The van der Waals surface area contributed by atoms with Crippen LogP contribution in [0.4, 0.5) is 0 Å². The molecule has 0 saturated heterocycles. The highest BCUT2D eigenvalue weighted by Gasteiger charge is 2.10. The van der Waals surface area contributed by atoms with Crippen LogP contribution in [0.1, 0.15) is 30.1 Å². The average Bonchev–Trinajstić information content (AvgIpc) is 2.84. The molecule has 0 fully saturated rings. The largest absolute Gasteiger partial charge is 0.273 e. The highest BCUT2D eigenvalue weighted by atomic mass is 32.1. The summed E-state index contributed by atoms with van der Waals surface area (Å²) in [5, 5.41) is 2.85. The smallest absolute Gasteiger partial charge is 0.270 e. The summed E-state index contributed by atoms with van der Waals surface area (Å²) in [5.74, 6) is -0.466. The lowest BCUT2D eigenvalue weighted by molar-refractivity contribution is -0.121. The van der Waals surface area contributed by atoms with E-state index in [1.165, 1.54) is 0 Å². The van der Waals surface area contributed by atoms with Crippen molar-refractivity contribution in [2.45, 2.75) is 19.8 Å². The number of thiophene rings is 1. The van der Waals surface area contributed by atoms with Crippen molar-refractivity contribution < 1.29 is 9.59 Å². The predicted molar refractivity (Wildman–Crippen MR) is 72.3 cm³/mol. The zero-order chi connectivity index (χ0) is 13.0. The normalized spacial score (nSPS) is 10.3. The summed E-state index contributed by atoms with van der Waals surface area (Å²) < 4.78 is 1.06. The summed E-state index contributed by atoms with van der Waals surface area (Å²) >= 11 is 1.58. The van der Waals surface area contributed by atoms with Gasteiger partial charge in [0.2, 0.25) is 5.91 Å². The number of hydrogen-bond donors (Lipinski definition) is 2. The van der Waals surface area contributed by atoms with Crippen LogP contribution in [0.2, 0.25) is 0 Å². The summed E-state index contributed by atoms with van der Waals surface area (Å²) in [4.78, 5) is 23.2. The summed E-state index contributed by atoms with van der Waals surface area (Å²) in [5.41, 5.74) is 5.41. The predicted octanol–water partition coefficient (Wildman–Crippen LogP) is 2.46. The van der Waals surface area contributed by atoms with E-state index >= 15 is 0 Å². The summed E-state index contributed by atoms with van der Waals surface area (Å²) in [6.07, 6.45) is 1.16. The Bertz CT molecular complexity index is 577. The van der Waals surface area contributed by atoms with Crippen LogP contribution in [0.25, 0.3) is 10.1 Å². The van der Waals surface area contributed by atoms with Crippen LogP contribution < -0.4 is 10.9 Å². The topological polar surface area (TPSA) is 58.2 Å². The highest BCUT2D eigenvalue weighted by Crippen LogP contribution is 2.23. The Kier molecular flexibility index (Phi) is 3.94. The minimum Gasteiger partial charge on any atom is -0.273 e. The summed E-state index contributed by atoms with van der Waals surface area (Å²) in [7, 11) is 0. The lowest BCUT2D eigenvalue weighted by atomic mass is 10.1. The van der Waals surface area contributed by atoms with Crippen LogP contribution in [-0.2, 0) is 4.79 Å². The molecule has 2 rings (SSSR count). The molecule has 0 saturated carbocycles. The molecule has 4 nitrogen and oxygen atoms in total. The second-order valence-electron chi connectivity index (χ2n) is 3.89. The molecule has 1 aromatic heterocycles. The van der Waals surface area contributed by atoms with Gasteiger partial charge in [0, 0.05) is 22.1 Å². The summed E-state index contributed by atoms with van der Waals surface area (Å²) in [6.45, 7) is 1.91. The average molecular weight is 262 g/mol. The molecule has 0 radical (unpaired) electrons. The van der Waals surface area contributed by atoms with Gasteiger partial charge in [-0.05, 0) is 30.0 Å². The van der Waals surface area contributed by atoms with Gasteiger partial charge in [-0.15, -0.1) is 11.3 Å². The monoisotopic (exact) mass is 262 g/mol. The van der Waals surface area contributed by atoms with Gasteiger partial charge in [0.25, 0.3) is 5.91 Å². The maximum Gasteiger partial charge on any atom is 0.270 e. The fourth-order valence-electron chi connectivity index (χ4n) is 1.68. The van der Waals surface area contributed by atoms with E-state index in [9.17, 15) is 9.59 Å². The van der Waals surface area contributed by atoms with Gasteiger partial charge < -0.3 is 0 Å². The minimum atomic E-state index is -0.288. The fraction of sp³-hybridized carbons (Fsp3) is 0.231. The van der Waals surface area contributed by atoms with Crippen molar-refractivity contribution in [3.8, 4) is 0 Å². The molecule has 1 aromatic carbocycles. The van der Waals surface area contributed by atoms with Gasteiger partial charge in [-0.25, -0.2) is 0 Å². The van der Waals surface area contributed by atoms with E-state index in [4.69, 9.17) is 0 Å². The van der Waals surface area contributed by atoms with Crippen LogP contribution in [0.5, 0.6) is 0 Å². The molecule has 0 bridgehead atoms. The Balaban J connectivity index is 2.09. The van der Waals surface area contributed by atoms with Crippen LogP contribution in [0.3, 0.4) is 0 Å². The number of hydrazine groups is 1. The van der Waals surface area contributed by atoms with E-state index in [1.807, 2.05) is 30.5 Å². The quantitative estimate of drug-likeness (QED) is 0.835. The van der Waals surface area contributed by atoms with Crippen molar-refractivity contribution in [2.24, 2.45) is 0 Å². The molecule has 2 N–H and O–H groups in total. The van der Waals surface area contributed by atoms with Crippen molar-refractivity contribution in [3.05, 3.63) is 35.2 Å². The van der Waals surface area contributed by atoms with E-state index < -0.39 is 0 Å². The number of nitrogens with one attached hydrogen (secondary N) is 2. The van der Waals surface area contributed by atoms with Crippen LogP contribution in [-0.4, -0.2) is 11.8 Å². The molecule has 5 heteroatoms. The van der Waals surface area contributed by atoms with Gasteiger partial charge in [-0.2, -0.15) is 0 Å². The molecule has 2 amide bonds. The molecule has 0 unspecified atom stereocenters. The second kappa shape index (κ2) is 5.64. The van der Waals surface area contributed by atoms with E-state index in [-0.39, 0.29) is 11.8 Å². The molecular weight excluding hydrogens is 248 g/mol. The number of carbonyl (C=O) groups excluding carboxylic acids is 2. The van der Waals surface area contributed by atoms with Gasteiger partial charge in [0.15, 0.2) is 0 Å². The molecule has 0 spiro atoms. The highest BCUT2D eigenvalue weighted by molar-refractivity contribution is 7.17. The Morgan fingerprint density at radius 2 is 2.06 bits per heavy atom. The van der Waals surface area contributed by atoms with Gasteiger partial charge in [-0.3, -0.25) is 20.4 Å². The fourth-order valence-corrected chi connectivity index (χ4v) is 2.49. The Morgan fingerprint density at radius 1 is 1.22 bits per heavy atom. The first-order valence-electron chi connectivity index (χ1n) is 5.77. The van der Waals surface area contributed by atoms with Crippen LogP contribution >= 0.6 is 11.3 Å². The van der Waals surface area contributed by atoms with Crippen molar-refractivity contribution in [3.63, 3.8) is 0 Å². The zero-order valence-corrected chi connectivity index (χ0v) is 10.8.